The molecule has 1 aliphatic carbocycles. The molecule has 0 radical (unpaired) electrons. The first-order chi connectivity index (χ1) is 7.26. The van der Waals surface area contributed by atoms with Crippen molar-refractivity contribution in [2.75, 3.05) is 13.2 Å². The normalized spacial score (nSPS) is 26.4. The van der Waals surface area contributed by atoms with Crippen LogP contribution in [0.25, 0.3) is 0 Å². The van der Waals surface area contributed by atoms with Crippen molar-refractivity contribution in [1.82, 2.24) is 5.32 Å². The first-order valence-electron chi connectivity index (χ1n) is 6.60. The summed E-state index contributed by atoms with van der Waals surface area (Å²) >= 11 is 0. The van der Waals surface area contributed by atoms with Gasteiger partial charge in [0.25, 0.3) is 0 Å². The molecule has 0 aliphatic heterocycles. The minimum atomic E-state index is 0.250. The second-order valence-electron chi connectivity index (χ2n) is 4.49. The van der Waals surface area contributed by atoms with Crippen LogP contribution in [0.4, 0.5) is 0 Å². The molecule has 2 nitrogen and oxygen atoms in total. The highest BCUT2D eigenvalue weighted by Crippen LogP contribution is 2.22. The molecule has 1 fully saturated rings. The third kappa shape index (κ3) is 7.80. The summed E-state index contributed by atoms with van der Waals surface area (Å²) < 4.78 is 0. The van der Waals surface area contributed by atoms with Crippen molar-refractivity contribution in [2.45, 2.75) is 65.3 Å². The number of aliphatic hydroxyl groups is 1. The molecule has 0 aromatic carbocycles. The van der Waals surface area contributed by atoms with E-state index < -0.39 is 0 Å². The Morgan fingerprint density at radius 2 is 1.73 bits per heavy atom. The maximum atomic E-state index is 7.57. The third-order valence-electron chi connectivity index (χ3n) is 3.02. The van der Waals surface area contributed by atoms with Crippen molar-refractivity contribution in [1.29, 1.82) is 0 Å². The van der Waals surface area contributed by atoms with Crippen LogP contribution in [0.2, 0.25) is 0 Å². The molecule has 2 N–H and O–H groups in total. The highest BCUT2D eigenvalue weighted by Gasteiger charge is 2.18. The Kier molecular flexibility index (Phi) is 10.4. The smallest absolute Gasteiger partial charge is 0.0402 e. The lowest BCUT2D eigenvalue weighted by atomic mass is 9.97. The van der Waals surface area contributed by atoms with Gasteiger partial charge in [-0.2, -0.15) is 0 Å². The first-order valence-corrected chi connectivity index (χ1v) is 6.60. The molecule has 2 heteroatoms. The van der Waals surface area contributed by atoms with Crippen molar-refractivity contribution < 1.29 is 5.11 Å². The van der Waals surface area contributed by atoms with E-state index >= 15 is 0 Å². The van der Waals surface area contributed by atoms with Gasteiger partial charge < -0.3 is 10.4 Å². The van der Waals surface area contributed by atoms with Gasteiger partial charge in [-0.1, -0.05) is 33.1 Å². The van der Waals surface area contributed by atoms with Crippen LogP contribution in [0.3, 0.4) is 0 Å². The van der Waals surface area contributed by atoms with Gasteiger partial charge in [-0.15, -0.1) is 0 Å². The molecule has 0 aromatic heterocycles. The highest BCUT2D eigenvalue weighted by molar-refractivity contribution is 4.76. The Morgan fingerprint density at radius 1 is 1.13 bits per heavy atom. The fourth-order valence-corrected chi connectivity index (χ4v) is 2.13. The van der Waals surface area contributed by atoms with E-state index in [1.807, 2.05) is 0 Å². The lowest BCUT2D eigenvalue weighted by Gasteiger charge is -2.22. The second kappa shape index (κ2) is 10.4. The predicted octanol–water partition coefficient (Wildman–Crippen LogP) is 2.95. The summed E-state index contributed by atoms with van der Waals surface area (Å²) in [7, 11) is 0. The maximum Gasteiger partial charge on any atom is 0.0402 e. The second-order valence-corrected chi connectivity index (χ2v) is 4.49. The van der Waals surface area contributed by atoms with Gasteiger partial charge in [-0.25, -0.2) is 0 Å². The van der Waals surface area contributed by atoms with Crippen LogP contribution in [0.1, 0.15) is 59.3 Å². The van der Waals surface area contributed by atoms with Gasteiger partial charge in [0, 0.05) is 12.6 Å². The molecule has 2 unspecified atom stereocenters. The molecular weight excluding hydrogens is 186 g/mol. The average Bonchev–Trinajstić information content (AvgIpc) is 2.41. The lowest BCUT2D eigenvalue weighted by Crippen LogP contribution is -2.34. The molecule has 0 saturated heterocycles. The molecule has 0 spiro atoms. The largest absolute Gasteiger partial charge is 0.397 e. The van der Waals surface area contributed by atoms with Gasteiger partial charge in [0.1, 0.15) is 0 Å². The van der Waals surface area contributed by atoms with E-state index in [4.69, 9.17) is 5.11 Å². The van der Waals surface area contributed by atoms with Crippen molar-refractivity contribution in [3.63, 3.8) is 0 Å². The molecule has 1 saturated carbocycles. The molecule has 0 amide bonds. The van der Waals surface area contributed by atoms with Crippen molar-refractivity contribution in [2.24, 2.45) is 5.92 Å². The van der Waals surface area contributed by atoms with Gasteiger partial charge in [0.15, 0.2) is 0 Å². The molecule has 1 rings (SSSR count). The van der Waals surface area contributed by atoms with E-state index in [2.05, 4.69) is 19.2 Å². The van der Waals surface area contributed by atoms with Crippen LogP contribution in [-0.4, -0.2) is 24.3 Å². The van der Waals surface area contributed by atoms with Crippen LogP contribution in [0.15, 0.2) is 0 Å². The number of aliphatic hydroxyl groups excluding tert-OH is 1. The fraction of sp³-hybridized carbons (Fsp3) is 1.00. The summed E-state index contributed by atoms with van der Waals surface area (Å²) in [6.07, 6.45) is 8.44. The number of hydrogen-bond donors (Lipinski definition) is 2. The number of nitrogens with one attached hydrogen (secondary N) is 1. The molecule has 0 aromatic rings. The molecule has 15 heavy (non-hydrogen) atoms. The van der Waals surface area contributed by atoms with E-state index in [1.165, 1.54) is 45.1 Å². The monoisotopic (exact) mass is 215 g/mol. The highest BCUT2D eigenvalue weighted by atomic mass is 16.2. The molecule has 0 heterocycles. The lowest BCUT2D eigenvalue weighted by molar-refractivity contribution is 0.318. The van der Waals surface area contributed by atoms with Gasteiger partial charge >= 0.3 is 0 Å². The van der Waals surface area contributed by atoms with E-state index in [-0.39, 0.29) is 6.61 Å². The maximum absolute atomic E-state index is 7.57. The summed E-state index contributed by atoms with van der Waals surface area (Å²) in [5.41, 5.74) is 0. The average molecular weight is 215 g/mol. The predicted molar refractivity (Wildman–Crippen MR) is 67.1 cm³/mol. The minimum Gasteiger partial charge on any atom is -0.397 e. The Bertz CT molecular complexity index is 128. The minimum absolute atomic E-state index is 0.250. The quantitative estimate of drug-likeness (QED) is 0.709. The van der Waals surface area contributed by atoms with Crippen LogP contribution in [-0.2, 0) is 0 Å². The Labute approximate surface area is 95.5 Å². The molecule has 0 bridgehead atoms. The fourth-order valence-electron chi connectivity index (χ4n) is 2.13. The molecule has 1 aliphatic rings. The zero-order valence-electron chi connectivity index (χ0n) is 10.8. The topological polar surface area (TPSA) is 32.3 Å². The first kappa shape index (κ1) is 14.9. The van der Waals surface area contributed by atoms with Crippen molar-refractivity contribution in [3.05, 3.63) is 0 Å². The number of hydrogen-bond acceptors (Lipinski definition) is 2. The van der Waals surface area contributed by atoms with Gasteiger partial charge in [0.05, 0.1) is 0 Å². The van der Waals surface area contributed by atoms with Gasteiger partial charge in [-0.3, -0.25) is 0 Å². The Hall–Kier alpha value is -0.0800. The summed E-state index contributed by atoms with van der Waals surface area (Å²) in [6, 6.07) is 0.812. The Morgan fingerprint density at radius 3 is 2.33 bits per heavy atom. The number of rotatable bonds is 3. The third-order valence-corrected chi connectivity index (χ3v) is 3.02. The zero-order chi connectivity index (χ0) is 11.5. The van der Waals surface area contributed by atoms with Crippen molar-refractivity contribution in [3.8, 4) is 0 Å². The summed E-state index contributed by atoms with van der Waals surface area (Å²) in [4.78, 5) is 0. The van der Waals surface area contributed by atoms with E-state index in [0.29, 0.717) is 0 Å². The summed E-state index contributed by atoms with van der Waals surface area (Å²) in [5.74, 6) is 0.902. The SMILES string of the molecule is CCCNC1CCCCCC1C.CCO. The summed E-state index contributed by atoms with van der Waals surface area (Å²) in [5, 5.41) is 11.2. The Balaban J connectivity index is 0.000000583. The van der Waals surface area contributed by atoms with Crippen LogP contribution in [0, 0.1) is 5.92 Å². The van der Waals surface area contributed by atoms with Gasteiger partial charge in [-0.05, 0) is 38.6 Å². The summed E-state index contributed by atoms with van der Waals surface area (Å²) in [6.45, 7) is 7.78. The zero-order valence-corrected chi connectivity index (χ0v) is 10.8. The van der Waals surface area contributed by atoms with Crippen LogP contribution >= 0.6 is 0 Å². The van der Waals surface area contributed by atoms with E-state index in [0.717, 1.165) is 12.0 Å². The van der Waals surface area contributed by atoms with E-state index in [9.17, 15) is 0 Å². The molecular formula is C13H29NO. The molecule has 2 atom stereocenters. The standard InChI is InChI=1S/C11H23N.C2H6O/c1-3-9-12-11-8-6-4-5-7-10(11)2;1-2-3/h10-12H,3-9H2,1-2H3;3H,2H2,1H3. The van der Waals surface area contributed by atoms with E-state index in [1.54, 1.807) is 6.92 Å². The van der Waals surface area contributed by atoms with Gasteiger partial charge in [0.2, 0.25) is 0 Å². The van der Waals surface area contributed by atoms with Crippen molar-refractivity contribution >= 4 is 0 Å². The van der Waals surface area contributed by atoms with Crippen LogP contribution in [0.5, 0.6) is 0 Å². The van der Waals surface area contributed by atoms with Crippen LogP contribution < -0.4 is 5.32 Å². The molecule has 92 valence electrons.